The van der Waals surface area contributed by atoms with Crippen LogP contribution in [0.4, 0.5) is 0 Å². The van der Waals surface area contributed by atoms with Crippen molar-refractivity contribution in [2.75, 3.05) is 20.3 Å². The van der Waals surface area contributed by atoms with Crippen LogP contribution in [0.15, 0.2) is 36.4 Å². The van der Waals surface area contributed by atoms with Gasteiger partial charge in [-0.15, -0.1) is 0 Å². The second-order valence-corrected chi connectivity index (χ2v) is 7.43. The minimum Gasteiger partial charge on any atom is -0.504 e. The Morgan fingerprint density at radius 2 is 1.85 bits per heavy atom. The molecule has 0 amide bonds. The number of hydrogen-bond acceptors (Lipinski definition) is 5. The van der Waals surface area contributed by atoms with Gasteiger partial charge in [0.2, 0.25) is 0 Å². The lowest BCUT2D eigenvalue weighted by Crippen LogP contribution is -2.35. The molecule has 3 rings (SSSR count). The molecule has 2 aromatic carbocycles. The van der Waals surface area contributed by atoms with Gasteiger partial charge in [-0.1, -0.05) is 12.1 Å². The van der Waals surface area contributed by atoms with Crippen LogP contribution in [0.5, 0.6) is 17.2 Å². The summed E-state index contributed by atoms with van der Waals surface area (Å²) < 4.78 is 11.2. The fourth-order valence-electron chi connectivity index (χ4n) is 4.10. The molecule has 3 atom stereocenters. The largest absolute Gasteiger partial charge is 0.504 e. The quantitative estimate of drug-likeness (QED) is 0.726. The summed E-state index contributed by atoms with van der Waals surface area (Å²) in [6, 6.07) is 11.3. The number of phenolic OH excluding ortho intramolecular Hbond substituents is 1. The minimum atomic E-state index is -0.133. The van der Waals surface area contributed by atoms with E-state index in [0.717, 1.165) is 22.4 Å². The molecule has 0 fully saturated rings. The van der Waals surface area contributed by atoms with Crippen molar-refractivity contribution >= 4 is 0 Å². The number of aliphatic hydroxyl groups excluding tert-OH is 2. The lowest BCUT2D eigenvalue weighted by Gasteiger charge is -2.39. The molecule has 5 heteroatoms. The van der Waals surface area contributed by atoms with Gasteiger partial charge in [0, 0.05) is 19.1 Å². The monoisotopic (exact) mass is 372 g/mol. The first-order valence-electron chi connectivity index (χ1n) is 9.36. The normalized spacial score (nSPS) is 21.8. The van der Waals surface area contributed by atoms with Gasteiger partial charge in [0.05, 0.1) is 13.2 Å². The van der Waals surface area contributed by atoms with Crippen LogP contribution in [0.25, 0.3) is 0 Å². The summed E-state index contributed by atoms with van der Waals surface area (Å²) >= 11 is 0. The van der Waals surface area contributed by atoms with Crippen molar-refractivity contribution in [3.8, 4) is 17.2 Å². The van der Waals surface area contributed by atoms with Crippen molar-refractivity contribution in [3.63, 3.8) is 0 Å². The van der Waals surface area contributed by atoms with Crippen LogP contribution in [0.3, 0.4) is 0 Å². The Morgan fingerprint density at radius 1 is 1.07 bits per heavy atom. The van der Waals surface area contributed by atoms with Gasteiger partial charge < -0.3 is 24.8 Å². The first kappa shape index (κ1) is 19.5. The zero-order valence-electron chi connectivity index (χ0n) is 16.1. The zero-order chi connectivity index (χ0) is 19.6. The summed E-state index contributed by atoms with van der Waals surface area (Å²) in [5.41, 5.74) is 3.17. The number of phenols is 1. The van der Waals surface area contributed by atoms with E-state index in [4.69, 9.17) is 9.47 Å². The minimum absolute atomic E-state index is 0.0145. The molecule has 0 spiro atoms. The molecule has 2 aromatic rings. The third-order valence-corrected chi connectivity index (χ3v) is 5.35. The van der Waals surface area contributed by atoms with Crippen LogP contribution in [-0.4, -0.2) is 41.7 Å². The molecule has 3 N–H and O–H groups in total. The molecule has 0 aliphatic heterocycles. The van der Waals surface area contributed by atoms with Crippen LogP contribution < -0.4 is 9.47 Å². The highest BCUT2D eigenvalue weighted by molar-refractivity contribution is 5.50. The van der Waals surface area contributed by atoms with Gasteiger partial charge >= 0.3 is 0 Å². The van der Waals surface area contributed by atoms with Crippen LogP contribution in [-0.2, 0) is 6.42 Å². The molecular weight excluding hydrogens is 344 g/mol. The van der Waals surface area contributed by atoms with Gasteiger partial charge in [0.25, 0.3) is 0 Å². The molecule has 0 bridgehead atoms. The summed E-state index contributed by atoms with van der Waals surface area (Å²) in [4.78, 5) is 0. The Hall–Kier alpha value is -2.24. The van der Waals surface area contributed by atoms with Crippen molar-refractivity contribution in [2.24, 2.45) is 11.8 Å². The number of aromatic hydroxyl groups is 1. The van der Waals surface area contributed by atoms with Crippen LogP contribution in [0.2, 0.25) is 0 Å². The standard InChI is InChI=1S/C22H28O5/c1-13(2)27-17-6-4-14-8-16(11-23)19(12-24)22(18(14)10-17)15-5-7-20(25)21(9-15)26-3/h4-7,9-10,13,16,19,22-25H,8,11-12H2,1-3H3/t16-,19-,22?/m1/s1. The molecule has 0 heterocycles. The van der Waals surface area contributed by atoms with Crippen LogP contribution >= 0.6 is 0 Å². The lowest BCUT2D eigenvalue weighted by atomic mass is 9.67. The third kappa shape index (κ3) is 3.89. The third-order valence-electron chi connectivity index (χ3n) is 5.35. The van der Waals surface area contributed by atoms with Gasteiger partial charge in [-0.05, 0) is 73.1 Å². The maximum absolute atomic E-state index is 10.1. The first-order valence-corrected chi connectivity index (χ1v) is 9.36. The summed E-state index contributed by atoms with van der Waals surface area (Å²) in [6.45, 7) is 3.95. The van der Waals surface area contributed by atoms with Crippen molar-refractivity contribution in [2.45, 2.75) is 32.3 Å². The van der Waals surface area contributed by atoms with E-state index in [1.807, 2.05) is 44.2 Å². The molecule has 0 saturated heterocycles. The number of hydrogen-bond donors (Lipinski definition) is 3. The number of aliphatic hydroxyl groups is 2. The molecule has 1 aliphatic carbocycles. The molecular formula is C22H28O5. The number of methoxy groups -OCH3 is 1. The topological polar surface area (TPSA) is 79.2 Å². The van der Waals surface area contributed by atoms with E-state index in [1.165, 1.54) is 7.11 Å². The van der Waals surface area contributed by atoms with E-state index in [1.54, 1.807) is 6.07 Å². The predicted octanol–water partition coefficient (Wildman–Crippen LogP) is 3.09. The van der Waals surface area contributed by atoms with Gasteiger partial charge in [0.15, 0.2) is 11.5 Å². The average Bonchev–Trinajstić information content (AvgIpc) is 2.66. The van der Waals surface area contributed by atoms with E-state index >= 15 is 0 Å². The van der Waals surface area contributed by atoms with E-state index in [-0.39, 0.29) is 42.8 Å². The van der Waals surface area contributed by atoms with Crippen LogP contribution in [0, 0.1) is 11.8 Å². The van der Waals surface area contributed by atoms with E-state index in [9.17, 15) is 15.3 Å². The van der Waals surface area contributed by atoms with E-state index in [2.05, 4.69) is 0 Å². The van der Waals surface area contributed by atoms with Crippen molar-refractivity contribution in [3.05, 3.63) is 53.1 Å². The first-order chi connectivity index (χ1) is 13.0. The van der Waals surface area contributed by atoms with E-state index < -0.39 is 0 Å². The average molecular weight is 372 g/mol. The predicted molar refractivity (Wildman–Crippen MR) is 104 cm³/mol. The SMILES string of the molecule is COc1cc(C2c3cc(OC(C)C)ccc3C[C@H](CO)[C@H]2CO)ccc1O. The van der Waals surface area contributed by atoms with Gasteiger partial charge in [-0.3, -0.25) is 0 Å². The number of rotatable bonds is 6. The maximum Gasteiger partial charge on any atom is 0.160 e. The smallest absolute Gasteiger partial charge is 0.160 e. The van der Waals surface area contributed by atoms with E-state index in [0.29, 0.717) is 12.2 Å². The van der Waals surface area contributed by atoms with Crippen molar-refractivity contribution in [1.29, 1.82) is 0 Å². The van der Waals surface area contributed by atoms with Gasteiger partial charge in [-0.2, -0.15) is 0 Å². The maximum atomic E-state index is 10.1. The molecule has 0 saturated carbocycles. The highest BCUT2D eigenvalue weighted by Gasteiger charge is 2.37. The summed E-state index contributed by atoms with van der Waals surface area (Å²) in [5, 5.41) is 30.0. The molecule has 146 valence electrons. The van der Waals surface area contributed by atoms with Crippen molar-refractivity contribution in [1.82, 2.24) is 0 Å². The summed E-state index contributed by atoms with van der Waals surface area (Å²) in [5.74, 6) is 0.967. The Bertz CT molecular complexity index is 786. The molecule has 0 aromatic heterocycles. The highest BCUT2D eigenvalue weighted by atomic mass is 16.5. The Kier molecular flexibility index (Phi) is 5.92. The Balaban J connectivity index is 2.13. The second-order valence-electron chi connectivity index (χ2n) is 7.43. The fourth-order valence-corrected chi connectivity index (χ4v) is 4.10. The zero-order valence-corrected chi connectivity index (χ0v) is 16.1. The second kappa shape index (κ2) is 8.19. The van der Waals surface area contributed by atoms with Crippen LogP contribution in [0.1, 0.15) is 36.5 Å². The molecule has 1 unspecified atom stereocenters. The van der Waals surface area contributed by atoms with Gasteiger partial charge in [0.1, 0.15) is 5.75 Å². The molecule has 1 aliphatic rings. The number of fused-ring (bicyclic) bond motifs is 1. The van der Waals surface area contributed by atoms with Crippen molar-refractivity contribution < 1.29 is 24.8 Å². The Labute approximate surface area is 160 Å². The number of ether oxygens (including phenoxy) is 2. The fraction of sp³-hybridized carbons (Fsp3) is 0.455. The van der Waals surface area contributed by atoms with Gasteiger partial charge in [-0.25, -0.2) is 0 Å². The molecule has 5 nitrogen and oxygen atoms in total. The molecule has 27 heavy (non-hydrogen) atoms. The highest BCUT2D eigenvalue weighted by Crippen LogP contribution is 2.46. The summed E-state index contributed by atoms with van der Waals surface area (Å²) in [6.07, 6.45) is 0.780. The lowest BCUT2D eigenvalue weighted by molar-refractivity contribution is 0.101. The Morgan fingerprint density at radius 3 is 2.48 bits per heavy atom. The number of benzene rings is 2. The molecule has 0 radical (unpaired) electrons. The summed E-state index contributed by atoms with van der Waals surface area (Å²) in [7, 11) is 1.52.